The lowest BCUT2D eigenvalue weighted by atomic mass is 10.1. The molecule has 17 heavy (non-hydrogen) atoms. The van der Waals surface area contributed by atoms with Crippen LogP contribution in [0.25, 0.3) is 0 Å². The molecule has 0 spiro atoms. The second-order valence-electron chi connectivity index (χ2n) is 3.44. The summed E-state index contributed by atoms with van der Waals surface area (Å²) in [6, 6.07) is 0. The van der Waals surface area contributed by atoms with Crippen molar-refractivity contribution in [2.75, 3.05) is 5.88 Å². The zero-order chi connectivity index (χ0) is 11.8. The van der Waals surface area contributed by atoms with E-state index >= 15 is 0 Å². The van der Waals surface area contributed by atoms with E-state index in [1.54, 1.807) is 23.9 Å². The van der Waals surface area contributed by atoms with Gasteiger partial charge in [0, 0.05) is 17.7 Å². The summed E-state index contributed by atoms with van der Waals surface area (Å²) in [6.07, 6.45) is 6.35. The van der Waals surface area contributed by atoms with E-state index in [2.05, 4.69) is 16.0 Å². The first-order valence-electron chi connectivity index (χ1n) is 4.87. The van der Waals surface area contributed by atoms with E-state index in [1.807, 2.05) is 5.01 Å². The van der Waals surface area contributed by atoms with Crippen LogP contribution in [-0.4, -0.2) is 26.7 Å². The Balaban J connectivity index is 1.91. The molecule has 0 aromatic heterocycles. The Hall–Kier alpha value is -1.93. The molecular weight excluding hydrogens is 242 g/mol. The molecule has 2 N–H and O–H groups in total. The minimum atomic E-state index is -0.414. The van der Waals surface area contributed by atoms with Gasteiger partial charge < -0.3 is 10.4 Å². The molecule has 0 saturated carbocycles. The molecule has 3 rings (SSSR count). The molecule has 1 aliphatic carbocycles. The van der Waals surface area contributed by atoms with Crippen LogP contribution in [0.15, 0.2) is 40.8 Å². The maximum absolute atomic E-state index is 10.6. The predicted octanol–water partition coefficient (Wildman–Crippen LogP) is 0.158. The third-order valence-electron chi connectivity index (χ3n) is 2.45. The SMILES string of the molecule is [O-][N+]([O-])=C1C=CC(=C2NN=C3SCNN32)C=C1. The lowest BCUT2D eigenvalue weighted by Gasteiger charge is -2.16. The van der Waals surface area contributed by atoms with E-state index in [4.69, 9.17) is 0 Å². The van der Waals surface area contributed by atoms with Crippen LogP contribution < -0.4 is 10.9 Å². The van der Waals surface area contributed by atoms with Crippen molar-refractivity contribution in [3.05, 3.63) is 46.1 Å². The van der Waals surface area contributed by atoms with Crippen LogP contribution in [0.4, 0.5) is 0 Å². The number of rotatable bonds is 0. The minimum absolute atomic E-state index is 0.0808. The van der Waals surface area contributed by atoms with E-state index in [0.29, 0.717) is 0 Å². The second kappa shape index (κ2) is 3.82. The summed E-state index contributed by atoms with van der Waals surface area (Å²) in [6.45, 7) is 0. The molecule has 1 saturated heterocycles. The van der Waals surface area contributed by atoms with Gasteiger partial charge in [0.1, 0.15) is 0 Å². The molecule has 2 aliphatic heterocycles. The summed E-state index contributed by atoms with van der Waals surface area (Å²) in [5, 5.41) is 27.9. The summed E-state index contributed by atoms with van der Waals surface area (Å²) in [5.74, 6) is 1.57. The molecule has 0 aromatic rings. The first-order valence-corrected chi connectivity index (χ1v) is 5.86. The van der Waals surface area contributed by atoms with Gasteiger partial charge in [0.15, 0.2) is 5.82 Å². The summed E-state index contributed by atoms with van der Waals surface area (Å²) in [5.41, 5.74) is 6.97. The van der Waals surface area contributed by atoms with Crippen LogP contribution >= 0.6 is 11.8 Å². The van der Waals surface area contributed by atoms with Crippen LogP contribution in [0.1, 0.15) is 0 Å². The van der Waals surface area contributed by atoms with Crippen LogP contribution in [0.3, 0.4) is 0 Å². The van der Waals surface area contributed by atoms with Crippen LogP contribution in [0.2, 0.25) is 0 Å². The van der Waals surface area contributed by atoms with Crippen molar-refractivity contribution in [3.63, 3.8) is 0 Å². The highest BCUT2D eigenvalue weighted by Gasteiger charge is 2.29. The van der Waals surface area contributed by atoms with Crippen molar-refractivity contribution >= 4 is 22.6 Å². The average Bonchev–Trinajstić information content (AvgIpc) is 2.90. The highest BCUT2D eigenvalue weighted by Crippen LogP contribution is 2.25. The highest BCUT2D eigenvalue weighted by molar-refractivity contribution is 8.14. The molecular formula is C9H8N5O2S-. The van der Waals surface area contributed by atoms with Gasteiger partial charge in [-0.25, -0.2) is 10.4 Å². The maximum Gasteiger partial charge on any atom is 0.222 e. The predicted molar refractivity (Wildman–Crippen MR) is 65.3 cm³/mol. The molecule has 3 aliphatic rings. The van der Waals surface area contributed by atoms with Gasteiger partial charge in [-0.3, -0.25) is 5.43 Å². The molecule has 0 bridgehead atoms. The van der Waals surface area contributed by atoms with Crippen molar-refractivity contribution in [3.8, 4) is 0 Å². The number of nitrogens with zero attached hydrogens (tertiary/aromatic N) is 3. The van der Waals surface area contributed by atoms with Crippen molar-refractivity contribution in [2.24, 2.45) is 5.10 Å². The molecule has 7 nitrogen and oxygen atoms in total. The fraction of sp³-hybridized carbons (Fsp3) is 0.111. The number of hydrogen-bond acceptors (Lipinski definition) is 7. The summed E-state index contributed by atoms with van der Waals surface area (Å²) >= 11 is 1.59. The first kappa shape index (κ1) is 10.2. The molecule has 0 unspecified atom stereocenters. The number of allylic oxidation sites excluding steroid dienone is 5. The summed E-state index contributed by atoms with van der Waals surface area (Å²) in [4.78, 5) is -0.414. The van der Waals surface area contributed by atoms with Crippen LogP contribution in [0, 0.1) is 10.4 Å². The quantitative estimate of drug-likeness (QED) is 0.470. The molecule has 88 valence electrons. The van der Waals surface area contributed by atoms with Gasteiger partial charge in [-0.15, -0.1) is 5.10 Å². The molecule has 2 heterocycles. The highest BCUT2D eigenvalue weighted by atomic mass is 32.2. The summed E-state index contributed by atoms with van der Waals surface area (Å²) in [7, 11) is 0. The molecule has 8 heteroatoms. The Morgan fingerprint density at radius 1 is 1.29 bits per heavy atom. The Bertz CT molecular complexity index is 497. The van der Waals surface area contributed by atoms with Crippen molar-refractivity contribution in [2.45, 2.75) is 0 Å². The fourth-order valence-corrected chi connectivity index (χ4v) is 2.35. The number of hydrazine groups is 1. The van der Waals surface area contributed by atoms with Gasteiger partial charge in [0.05, 0.1) is 5.88 Å². The van der Waals surface area contributed by atoms with Gasteiger partial charge in [-0.1, -0.05) is 11.8 Å². The van der Waals surface area contributed by atoms with Gasteiger partial charge in [-0.05, 0) is 12.2 Å². The smallest absolute Gasteiger partial charge is 0.222 e. The molecule has 1 fully saturated rings. The number of nitrogens with one attached hydrogen (secondary N) is 2. The monoisotopic (exact) mass is 250 g/mol. The van der Waals surface area contributed by atoms with Crippen LogP contribution in [-0.2, 0) is 0 Å². The van der Waals surface area contributed by atoms with Crippen LogP contribution in [0.5, 0.6) is 0 Å². The minimum Gasteiger partial charge on any atom is -0.612 e. The van der Waals surface area contributed by atoms with E-state index in [9.17, 15) is 10.4 Å². The van der Waals surface area contributed by atoms with Crippen molar-refractivity contribution in [1.82, 2.24) is 15.9 Å². The van der Waals surface area contributed by atoms with Gasteiger partial charge >= 0.3 is 0 Å². The maximum atomic E-state index is 10.6. The van der Waals surface area contributed by atoms with Gasteiger partial charge in [0.25, 0.3) is 0 Å². The van der Waals surface area contributed by atoms with Crippen molar-refractivity contribution in [1.29, 1.82) is 0 Å². The average molecular weight is 250 g/mol. The van der Waals surface area contributed by atoms with Gasteiger partial charge in [0.2, 0.25) is 10.9 Å². The van der Waals surface area contributed by atoms with E-state index < -0.39 is 4.90 Å². The summed E-state index contributed by atoms with van der Waals surface area (Å²) < 4.78 is 0. The molecule has 0 atom stereocenters. The Morgan fingerprint density at radius 2 is 2.06 bits per heavy atom. The largest absolute Gasteiger partial charge is 0.612 e. The number of hydrogen-bond donors (Lipinski definition) is 2. The Morgan fingerprint density at radius 3 is 2.76 bits per heavy atom. The lowest BCUT2D eigenvalue weighted by molar-refractivity contribution is -0.377. The van der Waals surface area contributed by atoms with E-state index in [0.717, 1.165) is 22.4 Å². The zero-order valence-electron chi connectivity index (χ0n) is 8.58. The number of hydrazone groups is 1. The Kier molecular flexibility index (Phi) is 2.30. The zero-order valence-corrected chi connectivity index (χ0v) is 9.40. The number of thioether (sulfide) groups is 1. The fourth-order valence-electron chi connectivity index (χ4n) is 1.64. The van der Waals surface area contributed by atoms with Crippen molar-refractivity contribution < 1.29 is 4.90 Å². The Labute approximate surface area is 101 Å². The third-order valence-corrected chi connectivity index (χ3v) is 3.25. The molecule has 0 aromatic carbocycles. The lowest BCUT2D eigenvalue weighted by Crippen LogP contribution is -2.33. The number of amidine groups is 1. The van der Waals surface area contributed by atoms with Gasteiger partial charge in [-0.2, -0.15) is 4.90 Å². The topological polar surface area (TPSA) is 88.8 Å². The first-order chi connectivity index (χ1) is 8.25. The second-order valence-corrected chi connectivity index (χ2v) is 4.38. The number of fused-ring (bicyclic) bond motifs is 1. The normalized spacial score (nSPS) is 21.8. The standard InChI is InChI=1S/C9H8N5O2S/c15-14(16)7-3-1-6(2-4-7)8-11-12-9-13(8)10-5-17-9/h1-4,10-11H,5H2/q-1. The van der Waals surface area contributed by atoms with E-state index in [-0.39, 0.29) is 5.71 Å². The molecule has 0 radical (unpaired) electrons. The third kappa shape index (κ3) is 1.67. The van der Waals surface area contributed by atoms with E-state index in [1.165, 1.54) is 12.2 Å². The molecule has 0 amide bonds.